The van der Waals surface area contributed by atoms with E-state index in [1.54, 1.807) is 0 Å². The zero-order chi connectivity index (χ0) is 14.0. The van der Waals surface area contributed by atoms with Crippen molar-refractivity contribution in [3.8, 4) is 0 Å². The first-order chi connectivity index (χ1) is 9.08. The van der Waals surface area contributed by atoms with E-state index >= 15 is 0 Å². The molecule has 1 aromatic carbocycles. The van der Waals surface area contributed by atoms with Crippen molar-refractivity contribution in [3.05, 3.63) is 29.3 Å². The summed E-state index contributed by atoms with van der Waals surface area (Å²) in [6.45, 7) is 4.58. The Morgan fingerprint density at radius 3 is 2.74 bits per heavy atom. The summed E-state index contributed by atoms with van der Waals surface area (Å²) in [5.74, 6) is 0.260. The van der Waals surface area contributed by atoms with Gasteiger partial charge in [0.05, 0.1) is 4.83 Å². The number of ketones is 1. The van der Waals surface area contributed by atoms with Gasteiger partial charge < -0.3 is 4.90 Å². The highest BCUT2D eigenvalue weighted by atomic mass is 79.9. The van der Waals surface area contributed by atoms with Gasteiger partial charge in [-0.15, -0.1) is 0 Å². The highest BCUT2D eigenvalue weighted by Gasteiger charge is 2.25. The number of Topliss-reactive ketones (excluding diaryl/α,β-unsaturated/α-hetero) is 1. The molecular formula is C15H18BrNO2. The van der Waals surface area contributed by atoms with Gasteiger partial charge in [0, 0.05) is 24.2 Å². The maximum absolute atomic E-state index is 12.1. The number of anilines is 1. The summed E-state index contributed by atoms with van der Waals surface area (Å²) in [6.07, 6.45) is 2.12. The van der Waals surface area contributed by atoms with Crippen LogP contribution in [0.1, 0.15) is 42.6 Å². The van der Waals surface area contributed by atoms with Crippen molar-refractivity contribution in [2.75, 3.05) is 11.4 Å². The third-order valence-electron chi connectivity index (χ3n) is 3.51. The average molecular weight is 324 g/mol. The lowest BCUT2D eigenvalue weighted by molar-refractivity contribution is -0.118. The molecule has 4 heteroatoms. The Balaban J connectivity index is 2.27. The molecule has 0 radical (unpaired) electrons. The van der Waals surface area contributed by atoms with Gasteiger partial charge in [-0.1, -0.05) is 29.8 Å². The van der Waals surface area contributed by atoms with Gasteiger partial charge in [-0.05, 0) is 36.6 Å². The van der Waals surface area contributed by atoms with Crippen LogP contribution >= 0.6 is 15.9 Å². The van der Waals surface area contributed by atoms with Crippen LogP contribution in [0.2, 0.25) is 0 Å². The number of fused-ring (bicyclic) bond motifs is 1. The van der Waals surface area contributed by atoms with Crippen molar-refractivity contribution in [1.29, 1.82) is 0 Å². The van der Waals surface area contributed by atoms with E-state index in [9.17, 15) is 9.59 Å². The second-order valence-electron chi connectivity index (χ2n) is 4.73. The van der Waals surface area contributed by atoms with Crippen LogP contribution in [-0.4, -0.2) is 23.1 Å². The van der Waals surface area contributed by atoms with Crippen molar-refractivity contribution in [3.63, 3.8) is 0 Å². The van der Waals surface area contributed by atoms with Crippen LogP contribution < -0.4 is 4.90 Å². The summed E-state index contributed by atoms with van der Waals surface area (Å²) in [5.41, 5.74) is 2.79. The maximum atomic E-state index is 12.1. The van der Waals surface area contributed by atoms with Crippen LogP contribution in [0.25, 0.3) is 0 Å². The fourth-order valence-electron chi connectivity index (χ4n) is 2.37. The largest absolute Gasteiger partial charge is 0.312 e. The second kappa shape index (κ2) is 5.87. The highest BCUT2D eigenvalue weighted by molar-refractivity contribution is 9.10. The van der Waals surface area contributed by atoms with E-state index in [1.165, 1.54) is 0 Å². The first-order valence-corrected chi connectivity index (χ1v) is 7.61. The van der Waals surface area contributed by atoms with E-state index in [0.29, 0.717) is 6.42 Å². The molecule has 1 aliphatic rings. The quantitative estimate of drug-likeness (QED) is 0.629. The van der Waals surface area contributed by atoms with Crippen LogP contribution in [0, 0.1) is 0 Å². The maximum Gasteiger partial charge on any atom is 0.226 e. The van der Waals surface area contributed by atoms with E-state index in [4.69, 9.17) is 0 Å². The van der Waals surface area contributed by atoms with Crippen molar-refractivity contribution in [1.82, 2.24) is 0 Å². The minimum Gasteiger partial charge on any atom is -0.312 e. The Bertz CT molecular complexity index is 513. The number of nitrogens with zero attached hydrogens (tertiary/aromatic N) is 1. The number of benzene rings is 1. The number of hydrogen-bond acceptors (Lipinski definition) is 2. The Hall–Kier alpha value is -1.16. The van der Waals surface area contributed by atoms with E-state index in [2.05, 4.69) is 15.9 Å². The minimum atomic E-state index is -0.125. The minimum absolute atomic E-state index is 0.116. The number of carbonyl (C=O) groups excluding carboxylic acids is 2. The van der Waals surface area contributed by atoms with E-state index < -0.39 is 0 Å². The van der Waals surface area contributed by atoms with Crippen molar-refractivity contribution in [2.45, 2.75) is 37.9 Å². The molecule has 2 rings (SSSR count). The molecule has 1 atom stereocenters. The number of carbonyl (C=O) groups is 2. The molecular weight excluding hydrogens is 306 g/mol. The molecule has 3 nitrogen and oxygen atoms in total. The zero-order valence-electron chi connectivity index (χ0n) is 11.3. The third-order valence-corrected chi connectivity index (χ3v) is 4.57. The lowest BCUT2D eigenvalue weighted by atomic mass is 10.0. The van der Waals surface area contributed by atoms with Crippen LogP contribution in [0.3, 0.4) is 0 Å². The highest BCUT2D eigenvalue weighted by Crippen LogP contribution is 2.30. The number of hydrogen-bond donors (Lipinski definition) is 0. The Morgan fingerprint density at radius 2 is 2.11 bits per heavy atom. The molecule has 1 heterocycles. The number of alkyl halides is 1. The monoisotopic (exact) mass is 323 g/mol. The van der Waals surface area contributed by atoms with Gasteiger partial charge in [-0.3, -0.25) is 9.59 Å². The van der Waals surface area contributed by atoms with Gasteiger partial charge >= 0.3 is 0 Å². The van der Waals surface area contributed by atoms with Gasteiger partial charge in [0.2, 0.25) is 5.91 Å². The molecule has 19 heavy (non-hydrogen) atoms. The van der Waals surface area contributed by atoms with Gasteiger partial charge in [-0.25, -0.2) is 0 Å². The summed E-state index contributed by atoms with van der Waals surface area (Å²) in [5, 5.41) is 0. The van der Waals surface area contributed by atoms with Crippen LogP contribution in [-0.2, 0) is 11.2 Å². The lowest BCUT2D eigenvalue weighted by Gasteiger charge is -2.16. The molecule has 102 valence electrons. The summed E-state index contributed by atoms with van der Waals surface area (Å²) in [4.78, 5) is 25.6. The van der Waals surface area contributed by atoms with Gasteiger partial charge in [0.25, 0.3) is 0 Å². The summed E-state index contributed by atoms with van der Waals surface area (Å²) >= 11 is 3.39. The Morgan fingerprint density at radius 1 is 1.37 bits per heavy atom. The van der Waals surface area contributed by atoms with E-state index in [-0.39, 0.29) is 16.5 Å². The fraction of sp³-hybridized carbons (Fsp3) is 0.467. The molecule has 0 aromatic heterocycles. The molecule has 1 amide bonds. The van der Waals surface area contributed by atoms with Gasteiger partial charge in [-0.2, -0.15) is 0 Å². The van der Waals surface area contributed by atoms with Gasteiger partial charge in [0.15, 0.2) is 5.78 Å². The topological polar surface area (TPSA) is 37.4 Å². The van der Waals surface area contributed by atoms with Crippen molar-refractivity contribution in [2.24, 2.45) is 0 Å². The normalized spacial score (nSPS) is 15.2. The fourth-order valence-corrected chi connectivity index (χ4v) is 2.64. The van der Waals surface area contributed by atoms with Crippen LogP contribution in [0.5, 0.6) is 0 Å². The molecule has 0 bridgehead atoms. The summed E-state index contributed by atoms with van der Waals surface area (Å²) in [7, 11) is 0. The van der Waals surface area contributed by atoms with Crippen LogP contribution in [0.4, 0.5) is 5.69 Å². The summed E-state index contributed by atoms with van der Waals surface area (Å²) in [6, 6.07) is 5.66. The predicted molar refractivity (Wildman–Crippen MR) is 80.1 cm³/mol. The Kier molecular flexibility index (Phi) is 4.40. The van der Waals surface area contributed by atoms with Crippen molar-refractivity contribution >= 4 is 33.3 Å². The Labute approximate surface area is 122 Å². The molecule has 0 fully saturated rings. The molecule has 0 N–H and O–H groups in total. The van der Waals surface area contributed by atoms with E-state index in [0.717, 1.165) is 36.2 Å². The first kappa shape index (κ1) is 14.3. The summed E-state index contributed by atoms with van der Waals surface area (Å²) < 4.78 is 0. The molecule has 1 aliphatic heterocycles. The van der Waals surface area contributed by atoms with Gasteiger partial charge in [0.1, 0.15) is 0 Å². The first-order valence-electron chi connectivity index (χ1n) is 6.70. The molecule has 0 saturated heterocycles. The molecule has 0 aliphatic carbocycles. The van der Waals surface area contributed by atoms with E-state index in [1.807, 2.05) is 36.9 Å². The third kappa shape index (κ3) is 2.73. The molecule has 0 saturated carbocycles. The standard InChI is InChI=1S/C15H18BrNO2/c1-3-12(16)15(19)11-5-6-13-10(9-11)7-8-17(13)14(18)4-2/h5-6,9,12H,3-4,7-8H2,1-2H3. The number of halogens is 1. The van der Waals surface area contributed by atoms with Crippen LogP contribution in [0.15, 0.2) is 18.2 Å². The molecule has 1 unspecified atom stereocenters. The lowest BCUT2D eigenvalue weighted by Crippen LogP contribution is -2.27. The van der Waals surface area contributed by atoms with Crippen molar-refractivity contribution < 1.29 is 9.59 Å². The zero-order valence-corrected chi connectivity index (χ0v) is 12.9. The SMILES string of the molecule is CCC(=O)N1CCc2cc(C(=O)C(Br)CC)ccc21. The molecule has 1 aromatic rings. The molecule has 0 spiro atoms. The second-order valence-corrected chi connectivity index (χ2v) is 5.84. The predicted octanol–water partition coefficient (Wildman–Crippen LogP) is 3.34. The number of rotatable bonds is 4. The average Bonchev–Trinajstić information content (AvgIpc) is 2.87. The smallest absolute Gasteiger partial charge is 0.226 e. The number of amides is 1.